The van der Waals surface area contributed by atoms with Gasteiger partial charge in [-0.3, -0.25) is 5.10 Å². The van der Waals surface area contributed by atoms with Crippen LogP contribution < -0.4 is 10.6 Å². The number of nitrogens with zero attached hydrogens (tertiary/aromatic N) is 5. The number of halogens is 2. The Kier molecular flexibility index (Phi) is 9.42. The second kappa shape index (κ2) is 13.0. The number of likely N-dealkylation sites (tertiary alicyclic amines) is 1. The van der Waals surface area contributed by atoms with E-state index in [9.17, 15) is 8.42 Å². The number of benzene rings is 1. The monoisotopic (exact) mass is 604 g/mol. The largest absolute Gasteiger partial charge is 0.322 e. The number of aryl methyl sites for hydroxylation is 2. The number of hydrogen-bond donors (Lipinski definition) is 3. The van der Waals surface area contributed by atoms with Crippen molar-refractivity contribution in [2.75, 3.05) is 49.1 Å². The van der Waals surface area contributed by atoms with Crippen LogP contribution in [0.15, 0.2) is 24.4 Å². The lowest BCUT2D eigenvalue weighted by molar-refractivity contribution is 0.212. The number of aromatic amines is 1. The lowest BCUT2D eigenvalue weighted by atomic mass is 9.86. The number of hydrogen-bond acceptors (Lipinski definition) is 8. The van der Waals surface area contributed by atoms with Crippen LogP contribution in [0.3, 0.4) is 0 Å². The van der Waals surface area contributed by atoms with Crippen LogP contribution in [-0.4, -0.2) is 76.3 Å². The lowest BCUT2D eigenvalue weighted by Crippen LogP contribution is -2.39. The maximum atomic E-state index is 15.3. The van der Waals surface area contributed by atoms with E-state index in [-0.39, 0.29) is 23.4 Å². The topological polar surface area (TPSA) is 119 Å². The molecular formula is C28H38ClFN8O2S. The Morgan fingerprint density at radius 1 is 1.07 bits per heavy atom. The van der Waals surface area contributed by atoms with Gasteiger partial charge in [0.25, 0.3) is 0 Å². The predicted molar refractivity (Wildman–Crippen MR) is 160 cm³/mol. The number of aromatic nitrogens is 4. The van der Waals surface area contributed by atoms with Gasteiger partial charge in [0.15, 0.2) is 11.6 Å². The van der Waals surface area contributed by atoms with Gasteiger partial charge in [0.1, 0.15) is 10.8 Å². The fourth-order valence-corrected chi connectivity index (χ4v) is 7.39. The number of rotatable bonds is 10. The third-order valence-electron chi connectivity index (χ3n) is 7.91. The van der Waals surface area contributed by atoms with Crippen LogP contribution in [0, 0.1) is 19.7 Å². The highest BCUT2D eigenvalue weighted by Crippen LogP contribution is 2.34. The lowest BCUT2D eigenvalue weighted by Gasteiger charge is -2.33. The number of H-pyrrole nitrogens is 1. The van der Waals surface area contributed by atoms with Gasteiger partial charge in [-0.15, -0.1) is 0 Å². The van der Waals surface area contributed by atoms with Gasteiger partial charge in [-0.1, -0.05) is 18.0 Å². The zero-order valence-electron chi connectivity index (χ0n) is 23.6. The normalized spacial score (nSPS) is 17.6. The van der Waals surface area contributed by atoms with E-state index in [1.807, 2.05) is 19.9 Å². The molecule has 13 heteroatoms. The van der Waals surface area contributed by atoms with E-state index >= 15 is 4.39 Å². The van der Waals surface area contributed by atoms with E-state index in [2.05, 4.69) is 35.7 Å². The van der Waals surface area contributed by atoms with E-state index in [1.165, 1.54) is 6.20 Å². The molecule has 5 rings (SSSR count). The number of sulfonamides is 1. The highest BCUT2D eigenvalue weighted by Gasteiger charge is 2.26. The van der Waals surface area contributed by atoms with Gasteiger partial charge in [0, 0.05) is 24.8 Å². The summed E-state index contributed by atoms with van der Waals surface area (Å²) in [5, 5.41) is 13.3. The molecular weight excluding hydrogens is 567 g/mol. The van der Waals surface area contributed by atoms with E-state index in [0.29, 0.717) is 41.9 Å². The van der Waals surface area contributed by atoms with Crippen LogP contribution in [0.1, 0.15) is 61.3 Å². The second-order valence-electron chi connectivity index (χ2n) is 11.0. The fraction of sp³-hybridized carbons (Fsp3) is 0.536. The number of nitrogens with one attached hydrogen (secondary N) is 3. The molecule has 3 N–H and O–H groups in total. The average molecular weight is 605 g/mol. The Morgan fingerprint density at radius 3 is 2.54 bits per heavy atom. The van der Waals surface area contributed by atoms with Gasteiger partial charge in [-0.25, -0.2) is 22.1 Å². The SMILES string of the molecule is Cc1cc(Nc2nc(Nc3cc(C)c(C4CCN(CCCS(=O)(=O)N5CCCCC5)CC4)cc3F)ncc2Cl)n[nH]1. The summed E-state index contributed by atoms with van der Waals surface area (Å²) >= 11 is 6.25. The zero-order valence-corrected chi connectivity index (χ0v) is 25.2. The molecule has 0 radical (unpaired) electrons. The maximum Gasteiger partial charge on any atom is 0.229 e. The summed E-state index contributed by atoms with van der Waals surface area (Å²) in [7, 11) is -3.16. The van der Waals surface area contributed by atoms with Gasteiger partial charge in [0.05, 0.1) is 17.6 Å². The highest BCUT2D eigenvalue weighted by molar-refractivity contribution is 7.89. The molecule has 0 spiro atoms. The van der Waals surface area contributed by atoms with Gasteiger partial charge >= 0.3 is 0 Å². The number of anilines is 4. The van der Waals surface area contributed by atoms with Crippen molar-refractivity contribution in [3.8, 4) is 0 Å². The minimum absolute atomic E-state index is 0.212. The Balaban J connectivity index is 1.15. The molecule has 10 nitrogen and oxygen atoms in total. The first-order valence-electron chi connectivity index (χ1n) is 14.3. The van der Waals surface area contributed by atoms with E-state index in [4.69, 9.17) is 11.6 Å². The van der Waals surface area contributed by atoms with E-state index in [0.717, 1.165) is 68.6 Å². The highest BCUT2D eigenvalue weighted by atomic mass is 35.5. The van der Waals surface area contributed by atoms with Crippen molar-refractivity contribution in [3.05, 3.63) is 52.1 Å². The van der Waals surface area contributed by atoms with Crippen molar-refractivity contribution in [2.24, 2.45) is 0 Å². The molecule has 0 aliphatic carbocycles. The average Bonchev–Trinajstić information content (AvgIpc) is 3.37. The summed E-state index contributed by atoms with van der Waals surface area (Å²) in [5.41, 5.74) is 3.19. The summed E-state index contributed by atoms with van der Waals surface area (Å²) in [6.07, 6.45) is 6.96. The summed E-state index contributed by atoms with van der Waals surface area (Å²) in [6.45, 7) is 7.72. The molecule has 3 aromatic rings. The van der Waals surface area contributed by atoms with Crippen LogP contribution in [0.25, 0.3) is 0 Å². The molecule has 41 heavy (non-hydrogen) atoms. The molecule has 222 valence electrons. The van der Waals surface area contributed by atoms with Crippen molar-refractivity contribution in [2.45, 2.75) is 58.3 Å². The molecule has 2 saturated heterocycles. The Morgan fingerprint density at radius 2 is 1.83 bits per heavy atom. The van der Waals surface area contributed by atoms with Crippen LogP contribution in [0.5, 0.6) is 0 Å². The number of piperidine rings is 2. The van der Waals surface area contributed by atoms with Crippen molar-refractivity contribution >= 4 is 44.9 Å². The smallest absolute Gasteiger partial charge is 0.229 e. The minimum Gasteiger partial charge on any atom is -0.322 e. The van der Waals surface area contributed by atoms with E-state index in [1.54, 1.807) is 16.4 Å². The molecule has 0 saturated carbocycles. The first kappa shape index (κ1) is 29.7. The Hall–Kier alpha value is -2.80. The fourth-order valence-electron chi connectivity index (χ4n) is 5.68. The second-order valence-corrected chi connectivity index (χ2v) is 13.5. The van der Waals surface area contributed by atoms with E-state index < -0.39 is 10.0 Å². The molecule has 2 aliphatic rings. The van der Waals surface area contributed by atoms with Gasteiger partial charge in [0.2, 0.25) is 16.0 Å². The molecule has 2 aliphatic heterocycles. The Bertz CT molecular complexity index is 1450. The standard InChI is InChI=1S/C28H38ClFN8O2S/c1-19-15-25(32-28-31-18-23(29)27(34-28)33-26-16-20(2)35-36-26)24(30)17-22(19)21-7-12-37(13-8-21)9-6-14-41(39,40)38-10-4-3-5-11-38/h15-18,21H,3-14H2,1-2H3,(H3,31,32,33,34,35,36). The summed E-state index contributed by atoms with van der Waals surface area (Å²) in [4.78, 5) is 10.9. The molecule has 4 heterocycles. The molecule has 1 aromatic carbocycles. The first-order chi connectivity index (χ1) is 19.7. The predicted octanol–water partition coefficient (Wildman–Crippen LogP) is 5.48. The van der Waals surface area contributed by atoms with Crippen LogP contribution in [-0.2, 0) is 10.0 Å². The van der Waals surface area contributed by atoms with Crippen molar-refractivity contribution in [1.82, 2.24) is 29.4 Å². The van der Waals surface area contributed by atoms with Crippen LogP contribution in [0.4, 0.5) is 27.7 Å². The molecule has 0 unspecified atom stereocenters. The van der Waals surface area contributed by atoms with Crippen molar-refractivity contribution in [3.63, 3.8) is 0 Å². The zero-order chi connectivity index (χ0) is 29.0. The van der Waals surface area contributed by atoms with Gasteiger partial charge in [-0.2, -0.15) is 10.1 Å². The third kappa shape index (κ3) is 7.54. The molecule has 0 bridgehead atoms. The quantitative estimate of drug-likeness (QED) is 0.278. The summed E-state index contributed by atoms with van der Waals surface area (Å²) in [5.74, 6) is 1.24. The summed E-state index contributed by atoms with van der Waals surface area (Å²) in [6, 6.07) is 5.23. The minimum atomic E-state index is -3.16. The molecule has 2 aromatic heterocycles. The van der Waals surface area contributed by atoms with Crippen LogP contribution in [0.2, 0.25) is 5.02 Å². The van der Waals surface area contributed by atoms with Crippen LogP contribution >= 0.6 is 11.6 Å². The first-order valence-corrected chi connectivity index (χ1v) is 16.3. The molecule has 0 amide bonds. The summed E-state index contributed by atoms with van der Waals surface area (Å²) < 4.78 is 42.2. The van der Waals surface area contributed by atoms with Gasteiger partial charge < -0.3 is 15.5 Å². The van der Waals surface area contributed by atoms with Gasteiger partial charge in [-0.05, 0) is 94.8 Å². The van der Waals surface area contributed by atoms with Crippen molar-refractivity contribution in [1.29, 1.82) is 0 Å². The third-order valence-corrected chi connectivity index (χ3v) is 10.1. The Labute approximate surface area is 246 Å². The van der Waals surface area contributed by atoms with Crippen molar-refractivity contribution < 1.29 is 12.8 Å². The maximum absolute atomic E-state index is 15.3. The molecule has 0 atom stereocenters. The molecule has 2 fully saturated rings.